The van der Waals surface area contributed by atoms with E-state index >= 15 is 0 Å². The average molecular weight is 389 g/mol. The molecule has 2 aliphatic heterocycles. The van der Waals surface area contributed by atoms with Crippen LogP contribution in [0.1, 0.15) is 19.3 Å². The van der Waals surface area contributed by atoms with Crippen LogP contribution >= 0.6 is 23.4 Å². The van der Waals surface area contributed by atoms with Gasteiger partial charge in [-0.25, -0.2) is 13.2 Å². The molecule has 0 radical (unpaired) electrons. The van der Waals surface area contributed by atoms with Gasteiger partial charge in [0.2, 0.25) is 0 Å². The molecule has 3 rings (SSSR count). The number of rotatable bonds is 2. The van der Waals surface area contributed by atoms with Gasteiger partial charge in [0.25, 0.3) is 0 Å². The zero-order valence-electron chi connectivity index (χ0n) is 13.5. The Morgan fingerprint density at radius 3 is 2.83 bits per heavy atom. The van der Waals surface area contributed by atoms with Gasteiger partial charge in [0.15, 0.2) is 9.84 Å². The molecule has 2 heterocycles. The first-order valence-electron chi connectivity index (χ1n) is 7.92. The Labute approximate surface area is 152 Å². The zero-order chi connectivity index (χ0) is 17.4. The topological polar surface area (TPSA) is 66.5 Å². The minimum absolute atomic E-state index is 0.184. The highest BCUT2D eigenvalue weighted by Gasteiger charge is 2.45. The van der Waals surface area contributed by atoms with Gasteiger partial charge in [-0.3, -0.25) is 0 Å². The standard InChI is InChI=1S/C16H21ClN2O3S2/c1-23-14-4-3-12(17)9-13(14)18-15(20)19-7-2-5-16(10-19)6-8-24(21,22)11-16/h3-4,9H,2,5-8,10-11H2,1H3,(H,18,20). The largest absolute Gasteiger partial charge is 0.324 e. The third-order valence-electron chi connectivity index (χ3n) is 4.82. The lowest BCUT2D eigenvalue weighted by molar-refractivity contribution is 0.130. The maximum Gasteiger partial charge on any atom is 0.321 e. The number of halogens is 1. The molecule has 1 atom stereocenters. The number of carbonyl (C=O) groups is 1. The predicted octanol–water partition coefficient (Wildman–Crippen LogP) is 3.49. The first kappa shape index (κ1) is 17.9. The first-order chi connectivity index (χ1) is 11.3. The van der Waals surface area contributed by atoms with Crippen LogP contribution in [-0.2, 0) is 9.84 Å². The van der Waals surface area contributed by atoms with Crippen LogP contribution in [0.25, 0.3) is 0 Å². The van der Waals surface area contributed by atoms with E-state index < -0.39 is 9.84 Å². The molecule has 0 aliphatic carbocycles. The number of hydrogen-bond acceptors (Lipinski definition) is 4. The van der Waals surface area contributed by atoms with Crippen LogP contribution in [0.2, 0.25) is 5.02 Å². The van der Waals surface area contributed by atoms with Crippen molar-refractivity contribution in [1.29, 1.82) is 0 Å². The molecule has 2 fully saturated rings. The van der Waals surface area contributed by atoms with E-state index in [9.17, 15) is 13.2 Å². The first-order valence-corrected chi connectivity index (χ1v) is 11.3. The average Bonchev–Trinajstić information content (AvgIpc) is 2.82. The van der Waals surface area contributed by atoms with Crippen molar-refractivity contribution < 1.29 is 13.2 Å². The molecular formula is C16H21ClN2O3S2. The minimum Gasteiger partial charge on any atom is -0.324 e. The summed E-state index contributed by atoms with van der Waals surface area (Å²) in [5, 5.41) is 3.50. The van der Waals surface area contributed by atoms with Gasteiger partial charge in [0.05, 0.1) is 17.2 Å². The highest BCUT2D eigenvalue weighted by Crippen LogP contribution is 2.40. The summed E-state index contributed by atoms with van der Waals surface area (Å²) in [6.45, 7) is 1.16. The summed E-state index contributed by atoms with van der Waals surface area (Å²) in [5.74, 6) is 0.449. The van der Waals surface area contributed by atoms with Crippen LogP contribution in [-0.4, -0.2) is 50.2 Å². The van der Waals surface area contributed by atoms with Crippen LogP contribution in [0.5, 0.6) is 0 Å². The number of anilines is 1. The summed E-state index contributed by atoms with van der Waals surface area (Å²) in [4.78, 5) is 15.4. The van der Waals surface area contributed by atoms with Crippen molar-refractivity contribution in [2.24, 2.45) is 5.41 Å². The van der Waals surface area contributed by atoms with Gasteiger partial charge in [-0.05, 0) is 43.7 Å². The van der Waals surface area contributed by atoms with Crippen LogP contribution in [0.15, 0.2) is 23.1 Å². The Kier molecular flexibility index (Phi) is 5.04. The predicted molar refractivity (Wildman–Crippen MR) is 98.8 cm³/mol. The molecule has 132 valence electrons. The molecule has 5 nitrogen and oxygen atoms in total. The van der Waals surface area contributed by atoms with E-state index in [2.05, 4.69) is 5.32 Å². The van der Waals surface area contributed by atoms with Gasteiger partial charge in [-0.15, -0.1) is 11.8 Å². The van der Waals surface area contributed by atoms with Gasteiger partial charge in [-0.2, -0.15) is 0 Å². The Balaban J connectivity index is 1.73. The summed E-state index contributed by atoms with van der Waals surface area (Å²) in [7, 11) is -2.96. The van der Waals surface area contributed by atoms with E-state index in [1.807, 2.05) is 12.3 Å². The molecule has 2 saturated heterocycles. The maximum absolute atomic E-state index is 12.7. The summed E-state index contributed by atoms with van der Waals surface area (Å²) in [5.41, 5.74) is 0.434. The molecule has 0 bridgehead atoms. The van der Waals surface area contributed by atoms with E-state index in [4.69, 9.17) is 11.6 Å². The third-order valence-corrected chi connectivity index (χ3v) is 7.73. The molecule has 1 N–H and O–H groups in total. The molecule has 1 spiro atoms. The van der Waals surface area contributed by atoms with Gasteiger partial charge in [-0.1, -0.05) is 11.6 Å². The maximum atomic E-state index is 12.7. The highest BCUT2D eigenvalue weighted by atomic mass is 35.5. The lowest BCUT2D eigenvalue weighted by Crippen LogP contribution is -2.48. The van der Waals surface area contributed by atoms with E-state index in [-0.39, 0.29) is 23.0 Å². The van der Waals surface area contributed by atoms with E-state index in [0.29, 0.717) is 30.2 Å². The lowest BCUT2D eigenvalue weighted by Gasteiger charge is -2.39. The second-order valence-electron chi connectivity index (χ2n) is 6.64. The number of piperidine rings is 1. The Hall–Kier alpha value is -0.920. The fourth-order valence-corrected chi connectivity index (χ4v) is 6.57. The molecule has 8 heteroatoms. The quantitative estimate of drug-likeness (QED) is 0.787. The molecule has 1 unspecified atom stereocenters. The fraction of sp³-hybridized carbons (Fsp3) is 0.562. The van der Waals surface area contributed by atoms with Gasteiger partial charge in [0, 0.05) is 28.4 Å². The van der Waals surface area contributed by atoms with E-state index in [0.717, 1.165) is 17.7 Å². The van der Waals surface area contributed by atoms with Crippen LogP contribution in [0.4, 0.5) is 10.5 Å². The summed E-state index contributed by atoms with van der Waals surface area (Å²) in [6.07, 6.45) is 4.32. The smallest absolute Gasteiger partial charge is 0.321 e. The van der Waals surface area contributed by atoms with Crippen LogP contribution < -0.4 is 5.32 Å². The van der Waals surface area contributed by atoms with Gasteiger partial charge >= 0.3 is 6.03 Å². The number of sulfone groups is 1. The molecule has 24 heavy (non-hydrogen) atoms. The molecular weight excluding hydrogens is 368 g/mol. The number of likely N-dealkylation sites (tertiary alicyclic amines) is 1. The Bertz CT molecular complexity index is 754. The normalized spacial score (nSPS) is 25.8. The van der Waals surface area contributed by atoms with Crippen molar-refractivity contribution in [2.45, 2.75) is 24.2 Å². The van der Waals surface area contributed by atoms with Crippen molar-refractivity contribution in [3.05, 3.63) is 23.2 Å². The number of nitrogens with one attached hydrogen (secondary N) is 1. The number of benzene rings is 1. The Morgan fingerprint density at radius 2 is 2.17 bits per heavy atom. The van der Waals surface area contributed by atoms with Crippen LogP contribution in [0, 0.1) is 5.41 Å². The Morgan fingerprint density at radius 1 is 1.38 bits per heavy atom. The van der Waals surface area contributed by atoms with Crippen molar-refractivity contribution in [1.82, 2.24) is 4.90 Å². The molecule has 1 aromatic carbocycles. The highest BCUT2D eigenvalue weighted by molar-refractivity contribution is 7.98. The number of amides is 2. The van der Waals surface area contributed by atoms with E-state index in [1.165, 1.54) is 0 Å². The van der Waals surface area contributed by atoms with Gasteiger partial charge in [0.1, 0.15) is 0 Å². The fourth-order valence-electron chi connectivity index (χ4n) is 3.66. The molecule has 2 amide bonds. The second-order valence-corrected chi connectivity index (χ2v) is 10.1. The number of hydrogen-bond donors (Lipinski definition) is 1. The minimum atomic E-state index is -2.96. The molecule has 1 aromatic rings. The van der Waals surface area contributed by atoms with Crippen molar-refractivity contribution in [3.8, 4) is 0 Å². The number of nitrogens with zero attached hydrogens (tertiary/aromatic N) is 1. The van der Waals surface area contributed by atoms with E-state index in [1.54, 1.807) is 28.8 Å². The molecule has 2 aliphatic rings. The second kappa shape index (κ2) is 6.77. The van der Waals surface area contributed by atoms with Gasteiger partial charge < -0.3 is 10.2 Å². The van der Waals surface area contributed by atoms with Crippen molar-refractivity contribution >= 4 is 44.9 Å². The third kappa shape index (κ3) is 3.83. The van der Waals surface area contributed by atoms with Crippen molar-refractivity contribution in [3.63, 3.8) is 0 Å². The number of carbonyl (C=O) groups excluding carboxylic acids is 1. The lowest BCUT2D eigenvalue weighted by atomic mass is 9.80. The summed E-state index contributed by atoms with van der Waals surface area (Å²) >= 11 is 7.57. The summed E-state index contributed by atoms with van der Waals surface area (Å²) in [6, 6.07) is 5.23. The number of thioether (sulfide) groups is 1. The zero-order valence-corrected chi connectivity index (χ0v) is 15.9. The summed E-state index contributed by atoms with van der Waals surface area (Å²) < 4.78 is 23.7. The molecule has 0 aromatic heterocycles. The number of urea groups is 1. The monoisotopic (exact) mass is 388 g/mol. The molecule has 0 saturated carbocycles. The SMILES string of the molecule is CSc1ccc(Cl)cc1NC(=O)N1CCCC2(CCS(=O)(=O)C2)C1. The van der Waals surface area contributed by atoms with Crippen LogP contribution in [0.3, 0.4) is 0 Å². The van der Waals surface area contributed by atoms with Crippen molar-refractivity contribution in [2.75, 3.05) is 36.2 Å².